The molecule has 0 aromatic carbocycles. The van der Waals surface area contributed by atoms with Crippen molar-refractivity contribution in [2.75, 3.05) is 6.54 Å². The van der Waals surface area contributed by atoms with Crippen LogP contribution in [0.1, 0.15) is 31.2 Å². The molecule has 0 aliphatic heterocycles. The molecule has 1 rings (SSSR count). The van der Waals surface area contributed by atoms with Crippen LogP contribution in [0.25, 0.3) is 0 Å². The quantitative estimate of drug-likeness (QED) is 0.269. The van der Waals surface area contributed by atoms with Gasteiger partial charge in [-0.15, -0.1) is 0 Å². The average Bonchev–Trinajstić information content (AvgIpc) is 2.40. The fraction of sp³-hybridized carbons (Fsp3) is 0.417. The topological polar surface area (TPSA) is 49.3 Å². The molecular formula is C12H18Cl2CuN4S. The van der Waals surface area contributed by atoms with Crippen molar-refractivity contribution >= 4 is 43.7 Å². The van der Waals surface area contributed by atoms with Crippen LogP contribution in [0.2, 0.25) is 0 Å². The number of aromatic nitrogens is 1. The first-order chi connectivity index (χ1) is 9.63. The minimum atomic E-state index is 0.544. The van der Waals surface area contributed by atoms with Crippen LogP contribution in [-0.2, 0) is 13.1 Å². The van der Waals surface area contributed by atoms with Gasteiger partial charge in [-0.1, -0.05) is 19.4 Å². The Kier molecular flexibility index (Phi) is 13.3. The normalized spacial score (nSPS) is 10.0. The van der Waals surface area contributed by atoms with Gasteiger partial charge >= 0.3 is 33.3 Å². The van der Waals surface area contributed by atoms with Gasteiger partial charge < -0.3 is 5.32 Å². The number of aryl methyl sites for hydroxylation is 1. The van der Waals surface area contributed by atoms with E-state index in [1.807, 2.05) is 25.1 Å². The van der Waals surface area contributed by atoms with Gasteiger partial charge in [0.15, 0.2) is 5.11 Å². The average molecular weight is 385 g/mol. The van der Waals surface area contributed by atoms with Crippen LogP contribution in [0.5, 0.6) is 0 Å². The van der Waals surface area contributed by atoms with Crippen LogP contribution in [0.4, 0.5) is 0 Å². The van der Waals surface area contributed by atoms with Crippen molar-refractivity contribution in [1.82, 2.24) is 15.7 Å². The Morgan fingerprint density at radius 3 is 2.80 bits per heavy atom. The summed E-state index contributed by atoms with van der Waals surface area (Å²) in [4.78, 5) is 4.29. The zero-order chi connectivity index (χ0) is 15.2. The predicted molar refractivity (Wildman–Crippen MR) is 86.9 cm³/mol. The fourth-order valence-corrected chi connectivity index (χ4v) is 1.37. The molecule has 0 aliphatic carbocycles. The number of hydrazone groups is 1. The van der Waals surface area contributed by atoms with Crippen molar-refractivity contribution in [3.63, 3.8) is 0 Å². The molecule has 1 aromatic rings. The molecule has 117 valence electrons. The van der Waals surface area contributed by atoms with Gasteiger partial charge in [0.1, 0.15) is 0 Å². The third-order valence-electron chi connectivity index (χ3n) is 2.09. The number of hydrogen-bond acceptors (Lipinski definition) is 3. The second-order valence-corrected chi connectivity index (χ2v) is 5.69. The molecule has 0 aliphatic rings. The molecule has 8 heteroatoms. The summed E-state index contributed by atoms with van der Waals surface area (Å²) in [6.45, 7) is 4.96. The molecule has 0 fully saturated rings. The molecule has 0 saturated carbocycles. The molecule has 20 heavy (non-hydrogen) atoms. The number of thiocarbonyl (C=S) groups is 1. The zero-order valence-corrected chi connectivity index (χ0v) is 14.6. The van der Waals surface area contributed by atoms with Gasteiger partial charge in [-0.25, -0.2) is 0 Å². The summed E-state index contributed by atoms with van der Waals surface area (Å²) in [6, 6.07) is 5.79. The van der Waals surface area contributed by atoms with E-state index in [-0.39, 0.29) is 0 Å². The van der Waals surface area contributed by atoms with E-state index in [4.69, 9.17) is 12.2 Å². The maximum absolute atomic E-state index is 5.05. The van der Waals surface area contributed by atoms with Crippen molar-refractivity contribution in [3.8, 4) is 0 Å². The first-order valence-electron chi connectivity index (χ1n) is 5.95. The first-order valence-corrected chi connectivity index (χ1v) is 8.95. The Balaban J connectivity index is 0.00000110. The monoisotopic (exact) mass is 383 g/mol. The molecule has 0 spiro atoms. The van der Waals surface area contributed by atoms with Crippen LogP contribution in [0, 0.1) is 6.92 Å². The summed E-state index contributed by atoms with van der Waals surface area (Å²) in [5.41, 5.74) is 4.54. The van der Waals surface area contributed by atoms with Crippen LogP contribution < -0.4 is 10.7 Å². The summed E-state index contributed by atoms with van der Waals surface area (Å²) in [7, 11) is 9.34. The number of rotatable bonds is 5. The van der Waals surface area contributed by atoms with Crippen molar-refractivity contribution in [3.05, 3.63) is 29.6 Å². The first kappa shape index (κ1) is 19.6. The molecule has 1 aromatic heterocycles. The zero-order valence-electron chi connectivity index (χ0n) is 11.3. The number of hydrogen-bond donors (Lipinski definition) is 2. The fourth-order valence-electron chi connectivity index (χ4n) is 1.21. The van der Waals surface area contributed by atoms with Gasteiger partial charge in [0.2, 0.25) is 0 Å². The van der Waals surface area contributed by atoms with Crippen LogP contribution in [-0.4, -0.2) is 22.9 Å². The van der Waals surface area contributed by atoms with E-state index < -0.39 is 0 Å². The van der Waals surface area contributed by atoms with Crippen LogP contribution in [0.15, 0.2) is 23.3 Å². The summed E-state index contributed by atoms with van der Waals surface area (Å²) in [6.07, 6.45) is 3.90. The van der Waals surface area contributed by atoms with E-state index in [0.29, 0.717) is 5.11 Å². The third-order valence-corrected chi connectivity index (χ3v) is 2.32. The van der Waals surface area contributed by atoms with Gasteiger partial charge in [-0.05, 0) is 37.7 Å². The molecule has 4 nitrogen and oxygen atoms in total. The Hall–Kier alpha value is -0.391. The van der Waals surface area contributed by atoms with Crippen molar-refractivity contribution in [2.45, 2.75) is 26.7 Å². The van der Waals surface area contributed by atoms with E-state index in [2.05, 4.69) is 47.9 Å². The Labute approximate surface area is 140 Å². The van der Waals surface area contributed by atoms with E-state index >= 15 is 0 Å². The van der Waals surface area contributed by atoms with E-state index in [0.717, 1.165) is 43.9 Å². The van der Waals surface area contributed by atoms with E-state index in [1.165, 1.54) is 0 Å². The molecule has 0 radical (unpaired) electrons. The molecule has 0 saturated heterocycles. The summed E-state index contributed by atoms with van der Waals surface area (Å²) in [5.74, 6) is 0. The Morgan fingerprint density at radius 2 is 2.20 bits per heavy atom. The molecule has 2 N–H and O–H groups in total. The number of nitrogens with zero attached hydrogens (tertiary/aromatic N) is 2. The summed E-state index contributed by atoms with van der Waals surface area (Å²) in [5, 5.41) is 7.63. The Bertz CT molecular complexity index is 418. The maximum atomic E-state index is 5.05. The summed E-state index contributed by atoms with van der Waals surface area (Å²) >= 11 is 5.81. The van der Waals surface area contributed by atoms with Gasteiger partial charge in [-0.3, -0.25) is 10.4 Å². The van der Waals surface area contributed by atoms with Crippen molar-refractivity contribution < 1.29 is 13.1 Å². The molecule has 0 bridgehead atoms. The van der Waals surface area contributed by atoms with Crippen LogP contribution >= 0.6 is 32.4 Å². The molecule has 0 unspecified atom stereocenters. The van der Waals surface area contributed by atoms with Gasteiger partial charge in [0.05, 0.1) is 11.9 Å². The van der Waals surface area contributed by atoms with Gasteiger partial charge in [0.25, 0.3) is 0 Å². The SMILES string of the molecule is CCCCNC(=S)NN=Cc1cccc(C)n1.[Cl][Cu][Cl]. The Morgan fingerprint density at radius 1 is 1.50 bits per heavy atom. The minimum absolute atomic E-state index is 0.544. The molecule has 0 atom stereocenters. The van der Waals surface area contributed by atoms with Crippen molar-refractivity contribution in [2.24, 2.45) is 5.10 Å². The standard InChI is InChI=1S/C12H18N4S.2ClH.Cu/c1-3-4-8-13-12(17)16-14-9-11-7-5-6-10(2)15-11;;;/h5-7,9H,3-4,8H2,1-2H3,(H2,13,16,17);2*1H;/q;;;+2/p-2. The van der Waals surface area contributed by atoms with E-state index in [1.54, 1.807) is 6.21 Å². The van der Waals surface area contributed by atoms with Gasteiger partial charge in [-0.2, -0.15) is 5.10 Å². The number of unbranched alkanes of at least 4 members (excludes halogenated alkanes) is 1. The second-order valence-electron chi connectivity index (χ2n) is 3.73. The third kappa shape index (κ3) is 11.4. The molecule has 0 amide bonds. The number of pyridine rings is 1. The molecular weight excluding hydrogens is 367 g/mol. The summed E-state index contributed by atoms with van der Waals surface area (Å²) < 4.78 is 0. The number of halogens is 2. The van der Waals surface area contributed by atoms with Crippen molar-refractivity contribution in [1.29, 1.82) is 0 Å². The second kappa shape index (κ2) is 13.6. The molecule has 1 heterocycles. The van der Waals surface area contributed by atoms with E-state index in [9.17, 15) is 0 Å². The predicted octanol–water partition coefficient (Wildman–Crippen LogP) is 3.36. The van der Waals surface area contributed by atoms with Crippen LogP contribution in [0.3, 0.4) is 0 Å². The van der Waals surface area contributed by atoms with Gasteiger partial charge in [0, 0.05) is 12.2 Å². The number of nitrogens with one attached hydrogen (secondary N) is 2.